The van der Waals surface area contributed by atoms with E-state index < -0.39 is 0 Å². The van der Waals surface area contributed by atoms with Crippen LogP contribution in [0.3, 0.4) is 0 Å². The number of aryl methyl sites for hydroxylation is 1. The fraction of sp³-hybridized carbons (Fsp3) is 0.207. The summed E-state index contributed by atoms with van der Waals surface area (Å²) in [5.41, 5.74) is 3.92. The third-order valence-corrected chi connectivity index (χ3v) is 6.07. The lowest BCUT2D eigenvalue weighted by Gasteiger charge is -2.12. The van der Waals surface area contributed by atoms with E-state index in [4.69, 9.17) is 4.74 Å². The second kappa shape index (κ2) is 9.66. The Bertz CT molecular complexity index is 1390. The summed E-state index contributed by atoms with van der Waals surface area (Å²) in [6.45, 7) is 1.91. The number of fused-ring (bicyclic) bond motifs is 1. The van der Waals surface area contributed by atoms with Crippen LogP contribution in [-0.4, -0.2) is 22.7 Å². The van der Waals surface area contributed by atoms with Crippen LogP contribution in [0.2, 0.25) is 0 Å². The minimum atomic E-state index is -0.313. The van der Waals surface area contributed by atoms with Gasteiger partial charge in [0.2, 0.25) is 0 Å². The summed E-state index contributed by atoms with van der Waals surface area (Å²) >= 11 is 0. The molecule has 176 valence electrons. The van der Waals surface area contributed by atoms with E-state index in [2.05, 4.69) is 10.3 Å². The molecule has 1 aliphatic carbocycles. The van der Waals surface area contributed by atoms with Crippen molar-refractivity contribution in [1.82, 2.24) is 10.3 Å². The van der Waals surface area contributed by atoms with E-state index in [0.717, 1.165) is 40.4 Å². The number of hydrogen-bond donors (Lipinski definition) is 1. The number of nitrogens with one attached hydrogen (secondary N) is 1. The smallest absolute Gasteiger partial charge is 0.251 e. The zero-order valence-corrected chi connectivity index (χ0v) is 19.4. The maximum Gasteiger partial charge on any atom is 0.251 e. The number of Topliss-reactive ketones (excluding diaryl/α,β-unsaturated/α-hetero) is 1. The highest BCUT2D eigenvalue weighted by Crippen LogP contribution is 2.31. The van der Waals surface area contributed by atoms with Crippen molar-refractivity contribution in [2.24, 2.45) is 0 Å². The summed E-state index contributed by atoms with van der Waals surface area (Å²) in [6, 6.07) is 19.2. The maximum atomic E-state index is 13.1. The van der Waals surface area contributed by atoms with Crippen molar-refractivity contribution in [3.63, 3.8) is 0 Å². The topological polar surface area (TPSA) is 68.3 Å². The Morgan fingerprint density at radius 2 is 1.63 bits per heavy atom. The van der Waals surface area contributed by atoms with Gasteiger partial charge in [0.1, 0.15) is 23.1 Å². The van der Waals surface area contributed by atoms with E-state index in [1.54, 1.807) is 24.4 Å². The SMILES string of the molecule is Cc1cc2nccc(Oc3ccc(CC(=O)Cc4ccc(F)cc4)cc3)c2cc1C(=O)NC1CC1. The fourth-order valence-electron chi connectivity index (χ4n) is 4.02. The van der Waals surface area contributed by atoms with Gasteiger partial charge in [-0.15, -0.1) is 0 Å². The number of nitrogens with zero attached hydrogens (tertiary/aromatic N) is 1. The number of ether oxygens (including phenoxy) is 1. The highest BCUT2D eigenvalue weighted by atomic mass is 19.1. The Morgan fingerprint density at radius 3 is 2.29 bits per heavy atom. The molecule has 0 bridgehead atoms. The average molecular weight is 469 g/mol. The fourth-order valence-corrected chi connectivity index (χ4v) is 4.02. The van der Waals surface area contributed by atoms with E-state index in [1.165, 1.54) is 12.1 Å². The van der Waals surface area contributed by atoms with Gasteiger partial charge in [-0.05, 0) is 78.9 Å². The Labute approximate surface area is 203 Å². The molecule has 0 aliphatic heterocycles. The van der Waals surface area contributed by atoms with Gasteiger partial charge in [0, 0.05) is 36.0 Å². The van der Waals surface area contributed by atoms with Crippen LogP contribution in [0.5, 0.6) is 11.5 Å². The molecule has 5 rings (SSSR count). The molecule has 0 radical (unpaired) electrons. The van der Waals surface area contributed by atoms with Crippen LogP contribution >= 0.6 is 0 Å². The van der Waals surface area contributed by atoms with Crippen LogP contribution in [-0.2, 0) is 17.6 Å². The Kier molecular flexibility index (Phi) is 6.27. The molecule has 0 saturated heterocycles. The Morgan fingerprint density at radius 1 is 0.971 bits per heavy atom. The lowest BCUT2D eigenvalue weighted by Crippen LogP contribution is -2.26. The molecule has 1 saturated carbocycles. The largest absolute Gasteiger partial charge is 0.457 e. The van der Waals surface area contributed by atoms with E-state index in [-0.39, 0.29) is 36.4 Å². The first-order valence-electron chi connectivity index (χ1n) is 11.7. The zero-order chi connectivity index (χ0) is 24.4. The molecule has 5 nitrogen and oxygen atoms in total. The zero-order valence-electron chi connectivity index (χ0n) is 19.4. The number of pyridine rings is 1. The molecule has 1 aliphatic rings. The van der Waals surface area contributed by atoms with Gasteiger partial charge in [-0.3, -0.25) is 14.6 Å². The minimum absolute atomic E-state index is 0.0535. The van der Waals surface area contributed by atoms with Gasteiger partial charge in [-0.1, -0.05) is 24.3 Å². The highest BCUT2D eigenvalue weighted by Gasteiger charge is 2.25. The normalized spacial score (nSPS) is 13.0. The number of carbonyl (C=O) groups is 2. The molecule has 1 heterocycles. The first kappa shape index (κ1) is 22.7. The molecule has 4 aromatic rings. The first-order valence-corrected chi connectivity index (χ1v) is 11.7. The van der Waals surface area contributed by atoms with Crippen LogP contribution in [0.15, 0.2) is 72.9 Å². The average Bonchev–Trinajstić information content (AvgIpc) is 3.65. The number of ketones is 1. The molecule has 0 unspecified atom stereocenters. The Balaban J connectivity index is 1.30. The number of carbonyl (C=O) groups excluding carboxylic acids is 2. The van der Waals surface area contributed by atoms with Crippen molar-refractivity contribution in [3.05, 3.63) is 101 Å². The van der Waals surface area contributed by atoms with E-state index in [1.807, 2.05) is 43.3 Å². The van der Waals surface area contributed by atoms with E-state index in [9.17, 15) is 14.0 Å². The van der Waals surface area contributed by atoms with Crippen molar-refractivity contribution in [2.75, 3.05) is 0 Å². The van der Waals surface area contributed by atoms with Gasteiger partial charge in [0.05, 0.1) is 5.52 Å². The second-order valence-corrected chi connectivity index (χ2v) is 9.01. The van der Waals surface area contributed by atoms with Crippen LogP contribution < -0.4 is 10.1 Å². The number of halogens is 1. The van der Waals surface area contributed by atoms with Gasteiger partial charge in [-0.2, -0.15) is 0 Å². The number of amides is 1. The second-order valence-electron chi connectivity index (χ2n) is 9.01. The maximum absolute atomic E-state index is 13.1. The molecular weight excluding hydrogens is 443 g/mol. The van der Waals surface area contributed by atoms with Crippen molar-refractivity contribution >= 4 is 22.6 Å². The van der Waals surface area contributed by atoms with Gasteiger partial charge in [-0.25, -0.2) is 4.39 Å². The molecule has 1 fully saturated rings. The predicted molar refractivity (Wildman–Crippen MR) is 132 cm³/mol. The predicted octanol–water partition coefficient (Wildman–Crippen LogP) is 5.72. The number of aromatic nitrogens is 1. The van der Waals surface area contributed by atoms with E-state index in [0.29, 0.717) is 17.1 Å². The summed E-state index contributed by atoms with van der Waals surface area (Å²) in [5.74, 6) is 0.896. The molecule has 35 heavy (non-hydrogen) atoms. The summed E-state index contributed by atoms with van der Waals surface area (Å²) in [5, 5.41) is 3.80. The van der Waals surface area contributed by atoms with Crippen molar-refractivity contribution < 1.29 is 18.7 Å². The number of rotatable bonds is 8. The van der Waals surface area contributed by atoms with Gasteiger partial charge < -0.3 is 10.1 Å². The molecule has 1 amide bonds. The molecule has 1 N–H and O–H groups in total. The lowest BCUT2D eigenvalue weighted by atomic mass is 10.0. The summed E-state index contributed by atoms with van der Waals surface area (Å²) < 4.78 is 19.2. The van der Waals surface area contributed by atoms with Gasteiger partial charge in [0.25, 0.3) is 5.91 Å². The van der Waals surface area contributed by atoms with Crippen LogP contribution in [0.25, 0.3) is 10.9 Å². The quantitative estimate of drug-likeness (QED) is 0.359. The molecule has 3 aromatic carbocycles. The molecule has 6 heteroatoms. The summed E-state index contributed by atoms with van der Waals surface area (Å²) in [4.78, 5) is 29.5. The van der Waals surface area contributed by atoms with E-state index >= 15 is 0 Å². The number of hydrogen-bond acceptors (Lipinski definition) is 4. The minimum Gasteiger partial charge on any atom is -0.457 e. The van der Waals surface area contributed by atoms with Crippen LogP contribution in [0.1, 0.15) is 39.9 Å². The molecule has 1 aromatic heterocycles. The lowest BCUT2D eigenvalue weighted by molar-refractivity contribution is -0.117. The van der Waals surface area contributed by atoms with Crippen molar-refractivity contribution in [1.29, 1.82) is 0 Å². The standard InChI is InChI=1S/C29H25FN2O3/c1-18-14-27-26(17-25(18)29(34)32-22-8-9-22)28(12-13-31-27)35-24-10-4-20(5-11-24)16-23(33)15-19-2-6-21(30)7-3-19/h2-7,10-14,17,22H,8-9,15-16H2,1H3,(H,32,34). The van der Waals surface area contributed by atoms with Crippen LogP contribution in [0.4, 0.5) is 4.39 Å². The third-order valence-electron chi connectivity index (χ3n) is 6.07. The highest BCUT2D eigenvalue weighted by molar-refractivity contribution is 6.01. The molecule has 0 spiro atoms. The monoisotopic (exact) mass is 468 g/mol. The molecular formula is C29H25FN2O3. The third kappa shape index (κ3) is 5.54. The number of benzene rings is 3. The van der Waals surface area contributed by atoms with Crippen molar-refractivity contribution in [2.45, 2.75) is 38.6 Å². The van der Waals surface area contributed by atoms with Gasteiger partial charge >= 0.3 is 0 Å². The van der Waals surface area contributed by atoms with Crippen molar-refractivity contribution in [3.8, 4) is 11.5 Å². The summed E-state index contributed by atoms with van der Waals surface area (Å²) in [6.07, 6.45) is 4.29. The summed E-state index contributed by atoms with van der Waals surface area (Å²) in [7, 11) is 0. The molecule has 0 atom stereocenters. The van der Waals surface area contributed by atoms with Crippen LogP contribution in [0, 0.1) is 12.7 Å². The first-order chi connectivity index (χ1) is 16.9. The Hall–Kier alpha value is -4.06. The van der Waals surface area contributed by atoms with Gasteiger partial charge in [0.15, 0.2) is 0 Å².